The summed E-state index contributed by atoms with van der Waals surface area (Å²) < 4.78 is 0. The van der Waals surface area contributed by atoms with Crippen LogP contribution in [-0.2, 0) is 4.79 Å². The SMILES string of the molecule is CCCCCCCCC\C=C/C=C\C=C/C=C\C=C/C(=O)NCCC1CCCN1C. The molecule has 1 N–H and O–H groups in total. The van der Waals surface area contributed by atoms with Crippen molar-refractivity contribution in [2.24, 2.45) is 0 Å². The summed E-state index contributed by atoms with van der Waals surface area (Å²) in [5.74, 6) is -0.0183. The maximum absolute atomic E-state index is 11.8. The Labute approximate surface area is 185 Å². The molecule has 1 amide bonds. The van der Waals surface area contributed by atoms with Gasteiger partial charge in [-0.3, -0.25) is 4.79 Å². The van der Waals surface area contributed by atoms with Gasteiger partial charge in [0.25, 0.3) is 0 Å². The molecule has 0 aliphatic carbocycles. The molecular formula is C27H44N2O. The van der Waals surface area contributed by atoms with Crippen molar-refractivity contribution in [2.75, 3.05) is 20.1 Å². The third-order valence-corrected chi connectivity index (χ3v) is 5.58. The van der Waals surface area contributed by atoms with Crippen molar-refractivity contribution in [2.45, 2.75) is 83.6 Å². The van der Waals surface area contributed by atoms with Crippen LogP contribution in [0.5, 0.6) is 0 Å². The van der Waals surface area contributed by atoms with Gasteiger partial charge in [0.05, 0.1) is 0 Å². The fourth-order valence-electron chi connectivity index (χ4n) is 3.69. The van der Waals surface area contributed by atoms with E-state index in [1.807, 2.05) is 30.4 Å². The van der Waals surface area contributed by atoms with Gasteiger partial charge in [-0.1, -0.05) is 100 Å². The topological polar surface area (TPSA) is 32.3 Å². The number of hydrogen-bond donors (Lipinski definition) is 1. The molecule has 30 heavy (non-hydrogen) atoms. The zero-order chi connectivity index (χ0) is 21.7. The number of hydrogen-bond acceptors (Lipinski definition) is 2. The fraction of sp³-hybridized carbons (Fsp3) is 0.593. The van der Waals surface area contributed by atoms with Crippen molar-refractivity contribution in [3.63, 3.8) is 0 Å². The van der Waals surface area contributed by atoms with E-state index in [0.717, 1.165) is 13.0 Å². The number of nitrogens with zero attached hydrogens (tertiary/aromatic N) is 1. The van der Waals surface area contributed by atoms with Crippen LogP contribution >= 0.6 is 0 Å². The summed E-state index contributed by atoms with van der Waals surface area (Å²) in [6.45, 7) is 4.19. The first-order chi connectivity index (χ1) is 14.7. The standard InChI is InChI=1S/C27H44N2O/c1-3-4-5-6-7-8-9-10-11-12-13-14-15-16-17-18-19-22-27(30)28-24-23-26-21-20-25-29(26)2/h11-19,22,26H,3-10,20-21,23-25H2,1-2H3,(H,28,30)/b12-11-,14-13-,16-15-,18-17-,22-19-. The molecule has 0 bridgehead atoms. The van der Waals surface area contributed by atoms with Gasteiger partial charge in [0, 0.05) is 18.7 Å². The molecule has 1 aliphatic heterocycles. The molecule has 1 saturated heterocycles. The van der Waals surface area contributed by atoms with E-state index in [9.17, 15) is 4.79 Å². The largest absolute Gasteiger partial charge is 0.352 e. The normalized spacial score (nSPS) is 18.3. The highest BCUT2D eigenvalue weighted by Gasteiger charge is 2.19. The second-order valence-corrected chi connectivity index (χ2v) is 8.21. The summed E-state index contributed by atoms with van der Waals surface area (Å²) >= 11 is 0. The van der Waals surface area contributed by atoms with Gasteiger partial charge in [0.1, 0.15) is 0 Å². The van der Waals surface area contributed by atoms with Crippen molar-refractivity contribution < 1.29 is 4.79 Å². The predicted molar refractivity (Wildman–Crippen MR) is 132 cm³/mol. The maximum atomic E-state index is 11.8. The number of nitrogens with one attached hydrogen (secondary N) is 1. The highest BCUT2D eigenvalue weighted by Crippen LogP contribution is 2.16. The maximum Gasteiger partial charge on any atom is 0.243 e. The van der Waals surface area contributed by atoms with Gasteiger partial charge in [-0.2, -0.15) is 0 Å². The highest BCUT2D eigenvalue weighted by atomic mass is 16.1. The van der Waals surface area contributed by atoms with Crippen LogP contribution in [-0.4, -0.2) is 37.0 Å². The lowest BCUT2D eigenvalue weighted by Crippen LogP contribution is -2.31. The van der Waals surface area contributed by atoms with Gasteiger partial charge in [-0.05, 0) is 45.7 Å². The number of likely N-dealkylation sites (tertiary alicyclic amines) is 1. The molecule has 0 aromatic rings. The Morgan fingerprint density at radius 1 is 0.900 bits per heavy atom. The monoisotopic (exact) mass is 412 g/mol. The lowest BCUT2D eigenvalue weighted by atomic mass is 10.1. The first-order valence-corrected chi connectivity index (χ1v) is 12.0. The summed E-state index contributed by atoms with van der Waals surface area (Å²) in [5, 5.41) is 2.96. The molecule has 1 rings (SSSR count). The van der Waals surface area contributed by atoms with Gasteiger partial charge in [-0.25, -0.2) is 0 Å². The summed E-state index contributed by atoms with van der Waals surface area (Å²) in [6.07, 6.45) is 33.9. The quantitative estimate of drug-likeness (QED) is 0.178. The molecular weight excluding hydrogens is 368 g/mol. The molecule has 0 aromatic carbocycles. The van der Waals surface area contributed by atoms with Crippen LogP contribution in [0.4, 0.5) is 0 Å². The molecule has 1 atom stereocenters. The summed E-state index contributed by atoms with van der Waals surface area (Å²) in [5.41, 5.74) is 0. The van der Waals surface area contributed by atoms with E-state index in [2.05, 4.69) is 42.4 Å². The Kier molecular flexibility index (Phi) is 16.7. The zero-order valence-electron chi connectivity index (χ0n) is 19.4. The minimum atomic E-state index is -0.0183. The van der Waals surface area contributed by atoms with Crippen LogP contribution in [0, 0.1) is 0 Å². The number of carbonyl (C=O) groups excluding carboxylic acids is 1. The number of allylic oxidation sites excluding steroid dienone is 9. The first kappa shape index (κ1) is 26.2. The van der Waals surface area contributed by atoms with Crippen LogP contribution < -0.4 is 5.32 Å². The Morgan fingerprint density at radius 2 is 1.53 bits per heavy atom. The lowest BCUT2D eigenvalue weighted by Gasteiger charge is -2.18. The second kappa shape index (κ2) is 19.1. The van der Waals surface area contributed by atoms with Crippen molar-refractivity contribution >= 4 is 5.91 Å². The highest BCUT2D eigenvalue weighted by molar-refractivity contribution is 5.87. The summed E-state index contributed by atoms with van der Waals surface area (Å²) in [6, 6.07) is 0.627. The van der Waals surface area contributed by atoms with Gasteiger partial charge in [0.2, 0.25) is 5.91 Å². The number of amides is 1. The third kappa shape index (κ3) is 15.0. The van der Waals surface area contributed by atoms with Gasteiger partial charge in [0.15, 0.2) is 0 Å². The molecule has 168 valence electrons. The molecule has 3 heteroatoms. The Morgan fingerprint density at radius 3 is 2.20 bits per heavy atom. The van der Waals surface area contributed by atoms with Gasteiger partial charge in [-0.15, -0.1) is 0 Å². The molecule has 0 spiro atoms. The molecule has 0 saturated carbocycles. The van der Waals surface area contributed by atoms with Crippen molar-refractivity contribution in [3.05, 3.63) is 60.8 Å². The van der Waals surface area contributed by atoms with E-state index in [1.54, 1.807) is 12.2 Å². The van der Waals surface area contributed by atoms with E-state index in [0.29, 0.717) is 6.04 Å². The first-order valence-electron chi connectivity index (χ1n) is 12.0. The van der Waals surface area contributed by atoms with Crippen LogP contribution in [0.25, 0.3) is 0 Å². The average Bonchev–Trinajstić information content (AvgIpc) is 3.15. The van der Waals surface area contributed by atoms with E-state index < -0.39 is 0 Å². The molecule has 1 aliphatic rings. The van der Waals surface area contributed by atoms with Crippen LogP contribution in [0.15, 0.2) is 60.8 Å². The van der Waals surface area contributed by atoms with Crippen molar-refractivity contribution in [1.82, 2.24) is 10.2 Å². The second-order valence-electron chi connectivity index (χ2n) is 8.21. The number of unbranched alkanes of at least 4 members (excludes halogenated alkanes) is 7. The molecule has 0 aromatic heterocycles. The third-order valence-electron chi connectivity index (χ3n) is 5.58. The molecule has 1 fully saturated rings. The minimum Gasteiger partial charge on any atom is -0.352 e. The van der Waals surface area contributed by atoms with Crippen molar-refractivity contribution in [1.29, 1.82) is 0 Å². The van der Waals surface area contributed by atoms with Crippen molar-refractivity contribution in [3.8, 4) is 0 Å². The Hall–Kier alpha value is -1.87. The Balaban J connectivity index is 1.99. The fourth-order valence-corrected chi connectivity index (χ4v) is 3.69. The number of carbonyl (C=O) groups is 1. The molecule has 0 radical (unpaired) electrons. The smallest absolute Gasteiger partial charge is 0.243 e. The lowest BCUT2D eigenvalue weighted by molar-refractivity contribution is -0.116. The van der Waals surface area contributed by atoms with Crippen LogP contribution in [0.3, 0.4) is 0 Å². The molecule has 1 heterocycles. The van der Waals surface area contributed by atoms with E-state index >= 15 is 0 Å². The predicted octanol–water partition coefficient (Wildman–Crippen LogP) is 6.51. The Bertz CT molecular complexity index is 571. The van der Waals surface area contributed by atoms with Gasteiger partial charge < -0.3 is 10.2 Å². The summed E-state index contributed by atoms with van der Waals surface area (Å²) in [4.78, 5) is 14.2. The molecule has 1 unspecified atom stereocenters. The van der Waals surface area contributed by atoms with Crippen LogP contribution in [0.1, 0.15) is 77.6 Å². The summed E-state index contributed by atoms with van der Waals surface area (Å²) in [7, 11) is 2.17. The zero-order valence-corrected chi connectivity index (χ0v) is 19.4. The average molecular weight is 413 g/mol. The molecule has 3 nitrogen and oxygen atoms in total. The van der Waals surface area contributed by atoms with E-state index in [-0.39, 0.29) is 5.91 Å². The van der Waals surface area contributed by atoms with Crippen LogP contribution in [0.2, 0.25) is 0 Å². The van der Waals surface area contributed by atoms with E-state index in [4.69, 9.17) is 0 Å². The van der Waals surface area contributed by atoms with Gasteiger partial charge >= 0.3 is 0 Å². The minimum absolute atomic E-state index is 0.0183. The van der Waals surface area contributed by atoms with E-state index in [1.165, 1.54) is 70.8 Å². The number of rotatable bonds is 16.